The van der Waals surface area contributed by atoms with Crippen LogP contribution < -0.4 is 10.2 Å². The minimum atomic E-state index is -0.928. The minimum absolute atomic E-state index is 0.141. The maximum absolute atomic E-state index is 15.3. The molecule has 0 saturated carbocycles. The lowest BCUT2D eigenvalue weighted by Crippen LogP contribution is -2.34. The van der Waals surface area contributed by atoms with E-state index in [9.17, 15) is 9.59 Å². The number of ketones is 1. The van der Waals surface area contributed by atoms with Crippen LogP contribution in [0, 0.1) is 11.2 Å². The van der Waals surface area contributed by atoms with Gasteiger partial charge in [0.1, 0.15) is 5.75 Å². The maximum atomic E-state index is 15.3. The fourth-order valence-electron chi connectivity index (χ4n) is 3.87. The molecule has 7 heteroatoms. The number of nitrogens with zero attached hydrogens (tertiary/aromatic N) is 1. The van der Waals surface area contributed by atoms with Crippen molar-refractivity contribution in [2.75, 3.05) is 20.3 Å². The van der Waals surface area contributed by atoms with Gasteiger partial charge in [-0.3, -0.25) is 9.59 Å². The van der Waals surface area contributed by atoms with Gasteiger partial charge in [0.25, 0.3) is 0 Å². The fraction of sp³-hybridized carbons (Fsp3) is 0.478. The van der Waals surface area contributed by atoms with Crippen LogP contribution in [0.25, 0.3) is 11.3 Å². The van der Waals surface area contributed by atoms with Crippen LogP contribution in [0.5, 0.6) is 5.75 Å². The van der Waals surface area contributed by atoms with E-state index in [1.807, 2.05) is 26.8 Å². The van der Waals surface area contributed by atoms with Gasteiger partial charge in [0.15, 0.2) is 11.6 Å². The molecule has 5 nitrogen and oxygen atoms in total. The molecule has 1 aromatic carbocycles. The highest BCUT2D eigenvalue weighted by Gasteiger charge is 2.36. The summed E-state index contributed by atoms with van der Waals surface area (Å²) in [5.74, 6) is -0.857. The predicted octanol–water partition coefficient (Wildman–Crippen LogP) is 5.07. The maximum Gasteiger partial charge on any atom is 0.228 e. The van der Waals surface area contributed by atoms with Crippen molar-refractivity contribution in [3.8, 4) is 17.0 Å². The molecule has 1 aliphatic heterocycles. The first-order valence-corrected chi connectivity index (χ1v) is 10.3. The normalized spacial score (nSPS) is 15.5. The summed E-state index contributed by atoms with van der Waals surface area (Å²) in [5, 5.41) is 0.342. The van der Waals surface area contributed by atoms with E-state index in [1.165, 1.54) is 13.1 Å². The van der Waals surface area contributed by atoms with Crippen LogP contribution in [-0.2, 0) is 11.2 Å². The van der Waals surface area contributed by atoms with Crippen molar-refractivity contribution in [3.63, 3.8) is 0 Å². The molecule has 0 radical (unpaired) electrons. The van der Waals surface area contributed by atoms with Crippen LogP contribution >= 0.6 is 11.6 Å². The lowest BCUT2D eigenvalue weighted by atomic mass is 9.78. The molecular weight excluding hydrogens is 409 g/mol. The number of Topliss-reactive ketones (excluding diaryl/α,β-unsaturated/α-hetero) is 1. The summed E-state index contributed by atoms with van der Waals surface area (Å²) in [5.41, 5.74) is 0.299. The third-order valence-corrected chi connectivity index (χ3v) is 5.76. The van der Waals surface area contributed by atoms with Gasteiger partial charge >= 0.3 is 0 Å². The number of methoxy groups -OCH3 is 1. The second-order valence-electron chi connectivity index (χ2n) is 8.72. The van der Waals surface area contributed by atoms with Crippen LogP contribution in [0.1, 0.15) is 56.1 Å². The lowest BCUT2D eigenvalue weighted by Gasteiger charge is -2.39. The van der Waals surface area contributed by atoms with Crippen molar-refractivity contribution in [1.29, 1.82) is 0 Å². The predicted molar refractivity (Wildman–Crippen MR) is 115 cm³/mol. The molecular formula is C23H27ClFNO4. The molecule has 0 spiro atoms. The van der Waals surface area contributed by atoms with Gasteiger partial charge in [-0.25, -0.2) is 4.39 Å². The number of carbonyl (C=O) groups excluding carboxylic acids is 1. The van der Waals surface area contributed by atoms with Crippen molar-refractivity contribution >= 4 is 17.4 Å². The van der Waals surface area contributed by atoms with Crippen LogP contribution in [0.3, 0.4) is 0 Å². The zero-order chi connectivity index (χ0) is 22.2. The second-order valence-corrected chi connectivity index (χ2v) is 9.13. The molecule has 0 fully saturated rings. The summed E-state index contributed by atoms with van der Waals surface area (Å²) < 4.78 is 27.8. The topological polar surface area (TPSA) is 57.5 Å². The molecule has 162 valence electrons. The Bertz CT molecular complexity index is 1040. The molecule has 0 amide bonds. The van der Waals surface area contributed by atoms with E-state index in [2.05, 4.69) is 0 Å². The molecule has 0 aliphatic carbocycles. The molecule has 0 saturated heterocycles. The molecule has 2 aromatic rings. The quantitative estimate of drug-likeness (QED) is 0.469. The van der Waals surface area contributed by atoms with E-state index >= 15 is 4.39 Å². The number of hydrogen-bond acceptors (Lipinski definition) is 4. The molecule has 2 heterocycles. The Balaban J connectivity index is 2.18. The number of carbonyl (C=O) groups is 1. The van der Waals surface area contributed by atoms with Gasteiger partial charge in [-0.2, -0.15) is 0 Å². The number of ether oxygens (including phenoxy) is 2. The summed E-state index contributed by atoms with van der Waals surface area (Å²) in [6.07, 6.45) is 2.80. The summed E-state index contributed by atoms with van der Waals surface area (Å²) in [6.45, 7) is 8.45. The van der Waals surface area contributed by atoms with Crippen molar-refractivity contribution in [3.05, 3.63) is 50.5 Å². The van der Waals surface area contributed by atoms with Crippen molar-refractivity contribution in [2.45, 2.75) is 46.6 Å². The Morgan fingerprint density at radius 3 is 2.60 bits per heavy atom. The minimum Gasteiger partial charge on any atom is -0.492 e. The SMILES string of the molecule is COCCCOc1cc2c(cc1Cl)-c1c(F)c(=O)c(C(C)=O)cn1[C@H](C(C)(C)C)C2. The zero-order valence-electron chi connectivity index (χ0n) is 18.0. The zero-order valence-corrected chi connectivity index (χ0v) is 18.7. The second kappa shape index (κ2) is 8.52. The third kappa shape index (κ3) is 4.16. The number of aromatic nitrogens is 1. The van der Waals surface area contributed by atoms with Crippen molar-refractivity contribution in [1.82, 2.24) is 4.57 Å². The molecule has 3 rings (SSSR count). The number of pyridine rings is 1. The van der Waals surface area contributed by atoms with Gasteiger partial charge in [0, 0.05) is 37.9 Å². The highest BCUT2D eigenvalue weighted by Crippen LogP contribution is 2.45. The Labute approximate surface area is 180 Å². The first-order chi connectivity index (χ1) is 14.1. The molecule has 30 heavy (non-hydrogen) atoms. The largest absolute Gasteiger partial charge is 0.492 e. The average Bonchev–Trinajstić information content (AvgIpc) is 2.66. The summed E-state index contributed by atoms with van der Waals surface area (Å²) in [4.78, 5) is 24.4. The number of benzene rings is 1. The van der Waals surface area contributed by atoms with Crippen molar-refractivity contribution in [2.24, 2.45) is 5.41 Å². The van der Waals surface area contributed by atoms with Gasteiger partial charge in [0.2, 0.25) is 5.43 Å². The van der Waals surface area contributed by atoms with E-state index in [-0.39, 0.29) is 22.7 Å². The van der Waals surface area contributed by atoms with Gasteiger partial charge < -0.3 is 14.0 Å². The molecule has 0 bridgehead atoms. The van der Waals surface area contributed by atoms with E-state index in [1.54, 1.807) is 17.7 Å². The average molecular weight is 436 g/mol. The Kier molecular flexibility index (Phi) is 6.39. The summed E-state index contributed by atoms with van der Waals surface area (Å²) in [6, 6.07) is 3.31. The van der Waals surface area contributed by atoms with Crippen LogP contribution in [0.2, 0.25) is 5.02 Å². The van der Waals surface area contributed by atoms with Gasteiger partial charge in [-0.15, -0.1) is 0 Å². The van der Waals surface area contributed by atoms with Crippen LogP contribution in [0.4, 0.5) is 4.39 Å². The van der Waals surface area contributed by atoms with E-state index in [0.717, 1.165) is 12.0 Å². The fourth-order valence-corrected chi connectivity index (χ4v) is 4.08. The lowest BCUT2D eigenvalue weighted by molar-refractivity contribution is 0.101. The smallest absolute Gasteiger partial charge is 0.228 e. The number of hydrogen-bond donors (Lipinski definition) is 0. The van der Waals surface area contributed by atoms with Gasteiger partial charge in [0.05, 0.1) is 22.9 Å². The first-order valence-electron chi connectivity index (χ1n) is 9.96. The van der Waals surface area contributed by atoms with Gasteiger partial charge in [-0.1, -0.05) is 32.4 Å². The summed E-state index contributed by atoms with van der Waals surface area (Å²) >= 11 is 6.42. The first kappa shape index (κ1) is 22.5. The Morgan fingerprint density at radius 1 is 1.30 bits per heavy atom. The Morgan fingerprint density at radius 2 is 2.00 bits per heavy atom. The van der Waals surface area contributed by atoms with Gasteiger partial charge in [-0.05, 0) is 36.5 Å². The number of halogens is 2. The van der Waals surface area contributed by atoms with E-state index in [0.29, 0.717) is 36.0 Å². The van der Waals surface area contributed by atoms with E-state index in [4.69, 9.17) is 21.1 Å². The third-order valence-electron chi connectivity index (χ3n) is 5.47. The van der Waals surface area contributed by atoms with Crippen LogP contribution in [0.15, 0.2) is 23.1 Å². The highest BCUT2D eigenvalue weighted by molar-refractivity contribution is 6.32. The molecule has 1 atom stereocenters. The number of rotatable bonds is 6. The Hall–Kier alpha value is -2.18. The summed E-state index contributed by atoms with van der Waals surface area (Å²) in [7, 11) is 1.63. The molecule has 0 N–H and O–H groups in total. The van der Waals surface area contributed by atoms with Crippen molar-refractivity contribution < 1.29 is 18.7 Å². The molecule has 0 unspecified atom stereocenters. The van der Waals surface area contributed by atoms with E-state index < -0.39 is 17.0 Å². The van der Waals surface area contributed by atoms with Crippen LogP contribution in [-0.4, -0.2) is 30.7 Å². The molecule has 1 aromatic heterocycles. The monoisotopic (exact) mass is 435 g/mol. The molecule has 1 aliphatic rings. The highest BCUT2D eigenvalue weighted by atomic mass is 35.5. The number of fused-ring (bicyclic) bond motifs is 3. The standard InChI is InChI=1S/C23H27ClFNO4/c1-13(27)16-12-26-19(23(2,3)4)10-14-9-18(30-8-6-7-29-5)17(24)11-15(14)21(26)20(25)22(16)28/h9,11-12,19H,6-8,10H2,1-5H3/t19-/m0/s1.